The minimum atomic E-state index is 0.308. The van der Waals surface area contributed by atoms with Crippen LogP contribution in [0, 0.1) is 5.92 Å². The lowest BCUT2D eigenvalue weighted by Gasteiger charge is -2.30. The van der Waals surface area contributed by atoms with E-state index < -0.39 is 0 Å². The number of hydrogen-bond acceptors (Lipinski definition) is 5. The molecule has 2 unspecified atom stereocenters. The maximum atomic E-state index is 5.67. The van der Waals surface area contributed by atoms with Gasteiger partial charge < -0.3 is 16.4 Å². The first-order chi connectivity index (χ1) is 8.19. The molecule has 5 heteroatoms. The predicted molar refractivity (Wildman–Crippen MR) is 71.0 cm³/mol. The minimum Gasteiger partial charge on any atom is -0.373 e. The highest BCUT2D eigenvalue weighted by Crippen LogP contribution is 2.26. The average Bonchev–Trinajstić information content (AvgIpc) is 2.31. The van der Waals surface area contributed by atoms with Crippen molar-refractivity contribution in [3.8, 4) is 0 Å². The standard InChI is InChI=1S/C12H21N5/c1-8-5-3-4-6-9(8)15-11-7-10(14-2)16-12(13)17-11/h7-9H,3-6H2,1-2H3,(H4,13,14,15,16,17). The third-order valence-corrected chi connectivity index (χ3v) is 3.44. The number of nitrogens with zero attached hydrogens (tertiary/aromatic N) is 2. The van der Waals surface area contributed by atoms with Crippen molar-refractivity contribution in [3.63, 3.8) is 0 Å². The molecule has 1 heterocycles. The third kappa shape index (κ3) is 2.99. The van der Waals surface area contributed by atoms with Gasteiger partial charge in [-0.05, 0) is 18.8 Å². The molecule has 0 aliphatic heterocycles. The summed E-state index contributed by atoms with van der Waals surface area (Å²) in [5.41, 5.74) is 5.67. The zero-order valence-corrected chi connectivity index (χ0v) is 10.5. The van der Waals surface area contributed by atoms with Gasteiger partial charge in [0.2, 0.25) is 5.95 Å². The number of hydrogen-bond donors (Lipinski definition) is 3. The SMILES string of the molecule is CNc1cc(NC2CCCCC2C)nc(N)n1. The van der Waals surface area contributed by atoms with Crippen LogP contribution in [0.5, 0.6) is 0 Å². The fraction of sp³-hybridized carbons (Fsp3) is 0.667. The van der Waals surface area contributed by atoms with E-state index >= 15 is 0 Å². The number of nitrogens with two attached hydrogens (primary N) is 1. The number of nitrogen functional groups attached to an aromatic ring is 1. The Labute approximate surface area is 102 Å². The normalized spacial score (nSPS) is 24.4. The lowest BCUT2D eigenvalue weighted by atomic mass is 9.86. The molecule has 0 saturated heterocycles. The van der Waals surface area contributed by atoms with Gasteiger partial charge in [-0.15, -0.1) is 0 Å². The third-order valence-electron chi connectivity index (χ3n) is 3.44. The van der Waals surface area contributed by atoms with Gasteiger partial charge in [0.1, 0.15) is 11.6 Å². The second kappa shape index (κ2) is 5.21. The zero-order chi connectivity index (χ0) is 12.3. The number of nitrogens with one attached hydrogen (secondary N) is 2. The van der Waals surface area contributed by atoms with E-state index in [1.165, 1.54) is 25.7 Å². The van der Waals surface area contributed by atoms with E-state index in [4.69, 9.17) is 5.73 Å². The monoisotopic (exact) mass is 235 g/mol. The molecule has 0 spiro atoms. The summed E-state index contributed by atoms with van der Waals surface area (Å²) >= 11 is 0. The van der Waals surface area contributed by atoms with Gasteiger partial charge in [-0.3, -0.25) is 0 Å². The molecule has 0 bridgehead atoms. The maximum absolute atomic E-state index is 5.67. The highest BCUT2D eigenvalue weighted by molar-refractivity contribution is 5.51. The summed E-state index contributed by atoms with van der Waals surface area (Å²) in [5, 5.41) is 6.46. The van der Waals surface area contributed by atoms with E-state index in [2.05, 4.69) is 27.5 Å². The van der Waals surface area contributed by atoms with E-state index in [1.54, 1.807) is 0 Å². The lowest BCUT2D eigenvalue weighted by Crippen LogP contribution is -2.30. The molecule has 1 saturated carbocycles. The Hall–Kier alpha value is -1.52. The molecule has 17 heavy (non-hydrogen) atoms. The molecule has 1 aliphatic carbocycles. The van der Waals surface area contributed by atoms with Crippen LogP contribution in [0.15, 0.2) is 6.07 Å². The average molecular weight is 235 g/mol. The fourth-order valence-corrected chi connectivity index (χ4v) is 2.39. The zero-order valence-electron chi connectivity index (χ0n) is 10.5. The lowest BCUT2D eigenvalue weighted by molar-refractivity contribution is 0.349. The van der Waals surface area contributed by atoms with Crippen LogP contribution < -0.4 is 16.4 Å². The Morgan fingerprint density at radius 3 is 2.65 bits per heavy atom. The molecule has 5 nitrogen and oxygen atoms in total. The van der Waals surface area contributed by atoms with Gasteiger partial charge in [0.15, 0.2) is 0 Å². The number of anilines is 3. The van der Waals surface area contributed by atoms with Crippen molar-refractivity contribution in [1.82, 2.24) is 9.97 Å². The molecule has 1 aromatic rings. The molecule has 1 aromatic heterocycles. The Morgan fingerprint density at radius 1 is 1.24 bits per heavy atom. The summed E-state index contributed by atoms with van der Waals surface area (Å²) in [6, 6.07) is 2.40. The molecule has 4 N–H and O–H groups in total. The van der Waals surface area contributed by atoms with Gasteiger partial charge >= 0.3 is 0 Å². The van der Waals surface area contributed by atoms with Crippen LogP contribution in [0.4, 0.5) is 17.6 Å². The summed E-state index contributed by atoms with van der Waals surface area (Å²) in [5.74, 6) is 2.57. The van der Waals surface area contributed by atoms with Crippen molar-refractivity contribution in [2.75, 3.05) is 23.4 Å². The molecule has 94 valence electrons. The van der Waals surface area contributed by atoms with Crippen molar-refractivity contribution in [3.05, 3.63) is 6.07 Å². The Balaban J connectivity index is 2.09. The van der Waals surface area contributed by atoms with Crippen molar-refractivity contribution in [1.29, 1.82) is 0 Å². The largest absolute Gasteiger partial charge is 0.373 e. The molecule has 0 radical (unpaired) electrons. The molecule has 0 amide bonds. The Kier molecular flexibility index (Phi) is 3.66. The van der Waals surface area contributed by atoms with Gasteiger partial charge in [0.25, 0.3) is 0 Å². The molecule has 0 aromatic carbocycles. The van der Waals surface area contributed by atoms with Crippen molar-refractivity contribution in [2.24, 2.45) is 5.92 Å². The number of aromatic nitrogens is 2. The molecule has 2 rings (SSSR count). The minimum absolute atomic E-state index is 0.308. The summed E-state index contributed by atoms with van der Waals surface area (Å²) < 4.78 is 0. The molecule has 1 fully saturated rings. The van der Waals surface area contributed by atoms with Gasteiger partial charge in [0, 0.05) is 19.2 Å². The van der Waals surface area contributed by atoms with E-state index in [9.17, 15) is 0 Å². The van der Waals surface area contributed by atoms with Gasteiger partial charge in [-0.25, -0.2) is 0 Å². The van der Waals surface area contributed by atoms with Crippen LogP contribution >= 0.6 is 0 Å². The van der Waals surface area contributed by atoms with Crippen molar-refractivity contribution in [2.45, 2.75) is 38.6 Å². The van der Waals surface area contributed by atoms with Crippen LogP contribution in [0.3, 0.4) is 0 Å². The number of rotatable bonds is 3. The summed E-state index contributed by atoms with van der Waals surface area (Å²) in [6.45, 7) is 2.29. The fourth-order valence-electron chi connectivity index (χ4n) is 2.39. The first-order valence-electron chi connectivity index (χ1n) is 6.28. The van der Waals surface area contributed by atoms with E-state index in [1.807, 2.05) is 13.1 Å². The van der Waals surface area contributed by atoms with Crippen LogP contribution in [0.1, 0.15) is 32.6 Å². The van der Waals surface area contributed by atoms with Crippen molar-refractivity contribution < 1.29 is 0 Å². The Bertz CT molecular complexity index is 379. The topological polar surface area (TPSA) is 75.9 Å². The molecular formula is C12H21N5. The smallest absolute Gasteiger partial charge is 0.223 e. The predicted octanol–water partition coefficient (Wildman–Crippen LogP) is 2.09. The summed E-state index contributed by atoms with van der Waals surface area (Å²) in [4.78, 5) is 8.31. The Morgan fingerprint density at radius 2 is 1.94 bits per heavy atom. The first kappa shape index (κ1) is 12.0. The summed E-state index contributed by atoms with van der Waals surface area (Å²) in [6.07, 6.45) is 5.13. The molecule has 2 atom stereocenters. The first-order valence-corrected chi connectivity index (χ1v) is 6.28. The van der Waals surface area contributed by atoms with Gasteiger partial charge in [-0.2, -0.15) is 9.97 Å². The quantitative estimate of drug-likeness (QED) is 0.748. The van der Waals surface area contributed by atoms with E-state index in [0.717, 1.165) is 11.6 Å². The van der Waals surface area contributed by atoms with Crippen LogP contribution in [-0.2, 0) is 0 Å². The molecule has 1 aliphatic rings. The van der Waals surface area contributed by atoms with Crippen LogP contribution in [0.2, 0.25) is 0 Å². The van der Waals surface area contributed by atoms with Crippen LogP contribution in [-0.4, -0.2) is 23.1 Å². The van der Waals surface area contributed by atoms with Crippen molar-refractivity contribution >= 4 is 17.6 Å². The van der Waals surface area contributed by atoms with E-state index in [-0.39, 0.29) is 0 Å². The van der Waals surface area contributed by atoms with E-state index in [0.29, 0.717) is 17.9 Å². The highest BCUT2D eigenvalue weighted by Gasteiger charge is 2.21. The maximum Gasteiger partial charge on any atom is 0.223 e. The summed E-state index contributed by atoms with van der Waals surface area (Å²) in [7, 11) is 1.83. The highest BCUT2D eigenvalue weighted by atomic mass is 15.1. The van der Waals surface area contributed by atoms with Gasteiger partial charge in [-0.1, -0.05) is 19.8 Å². The molecular weight excluding hydrogens is 214 g/mol. The van der Waals surface area contributed by atoms with Crippen LogP contribution in [0.25, 0.3) is 0 Å². The second-order valence-electron chi connectivity index (χ2n) is 4.76. The second-order valence-corrected chi connectivity index (χ2v) is 4.76. The van der Waals surface area contributed by atoms with Gasteiger partial charge in [0.05, 0.1) is 0 Å².